The van der Waals surface area contributed by atoms with Crippen LogP contribution in [0.1, 0.15) is 25.0 Å². The highest BCUT2D eigenvalue weighted by molar-refractivity contribution is 5.74. The minimum Gasteiger partial charge on any atom is -0.481 e. The summed E-state index contributed by atoms with van der Waals surface area (Å²) >= 11 is 0. The number of aliphatic carboxylic acids is 1. The molecule has 1 aliphatic rings. The molecule has 0 fully saturated rings. The standard InChI is InChI=1S/C13H17NO2/c1-13(2,12(15)16)9-6-8-4-3-5-11(14)10(8)7-9/h3-5,9H,6-7,14H2,1-2H3,(H,15,16). The van der Waals surface area contributed by atoms with Crippen LogP contribution in [0.15, 0.2) is 18.2 Å². The molecule has 0 aliphatic heterocycles. The molecule has 0 saturated heterocycles. The van der Waals surface area contributed by atoms with Gasteiger partial charge in [0.1, 0.15) is 0 Å². The van der Waals surface area contributed by atoms with Crippen molar-refractivity contribution in [1.82, 2.24) is 0 Å². The quantitative estimate of drug-likeness (QED) is 0.749. The normalized spacial score (nSPS) is 19.5. The Balaban J connectivity index is 2.30. The monoisotopic (exact) mass is 219 g/mol. The first-order chi connectivity index (χ1) is 7.43. The molecule has 1 aromatic rings. The van der Waals surface area contributed by atoms with E-state index < -0.39 is 11.4 Å². The fourth-order valence-electron chi connectivity index (χ4n) is 2.36. The van der Waals surface area contributed by atoms with Crippen LogP contribution in [0.5, 0.6) is 0 Å². The van der Waals surface area contributed by atoms with Gasteiger partial charge < -0.3 is 10.8 Å². The third-order valence-electron chi connectivity index (χ3n) is 3.80. The predicted octanol–water partition coefficient (Wildman–Crippen LogP) is 2.09. The highest BCUT2D eigenvalue weighted by atomic mass is 16.4. The lowest BCUT2D eigenvalue weighted by Gasteiger charge is -2.26. The number of nitrogen functional groups attached to an aromatic ring is 1. The molecule has 0 heterocycles. The van der Waals surface area contributed by atoms with Gasteiger partial charge in [-0.15, -0.1) is 0 Å². The maximum absolute atomic E-state index is 11.2. The van der Waals surface area contributed by atoms with Crippen LogP contribution >= 0.6 is 0 Å². The number of rotatable bonds is 2. The van der Waals surface area contributed by atoms with Gasteiger partial charge in [0.15, 0.2) is 0 Å². The molecule has 86 valence electrons. The number of benzene rings is 1. The first kappa shape index (κ1) is 11.0. The Morgan fingerprint density at radius 3 is 2.69 bits per heavy atom. The number of hydrogen-bond acceptors (Lipinski definition) is 2. The molecular formula is C13H17NO2. The van der Waals surface area contributed by atoms with Gasteiger partial charge in [-0.25, -0.2) is 0 Å². The average molecular weight is 219 g/mol. The van der Waals surface area contributed by atoms with Crippen LogP contribution in [0.2, 0.25) is 0 Å². The van der Waals surface area contributed by atoms with Gasteiger partial charge in [0.2, 0.25) is 0 Å². The van der Waals surface area contributed by atoms with Crippen molar-refractivity contribution in [1.29, 1.82) is 0 Å². The van der Waals surface area contributed by atoms with E-state index in [4.69, 9.17) is 5.73 Å². The summed E-state index contributed by atoms with van der Waals surface area (Å²) in [5.41, 5.74) is 8.36. The van der Waals surface area contributed by atoms with E-state index in [1.165, 1.54) is 5.56 Å². The minimum atomic E-state index is -0.733. The molecule has 0 radical (unpaired) electrons. The van der Waals surface area contributed by atoms with Gasteiger partial charge in [0, 0.05) is 5.69 Å². The number of carbonyl (C=O) groups is 1. The average Bonchev–Trinajstić information content (AvgIpc) is 2.63. The van der Waals surface area contributed by atoms with Crippen molar-refractivity contribution in [3.05, 3.63) is 29.3 Å². The molecule has 0 spiro atoms. The highest BCUT2D eigenvalue weighted by Crippen LogP contribution is 2.40. The Morgan fingerprint density at radius 1 is 1.44 bits per heavy atom. The summed E-state index contributed by atoms with van der Waals surface area (Å²) in [4.78, 5) is 11.2. The second-order valence-corrected chi connectivity index (χ2v) is 5.12. The zero-order valence-electron chi connectivity index (χ0n) is 9.66. The van der Waals surface area contributed by atoms with E-state index in [1.54, 1.807) is 13.8 Å². The maximum Gasteiger partial charge on any atom is 0.309 e. The molecule has 0 aromatic heterocycles. The number of anilines is 1. The van der Waals surface area contributed by atoms with E-state index in [9.17, 15) is 9.90 Å². The molecule has 3 N–H and O–H groups in total. The molecule has 0 saturated carbocycles. The molecule has 1 aliphatic carbocycles. The summed E-state index contributed by atoms with van der Waals surface area (Å²) in [5, 5.41) is 9.22. The molecule has 1 unspecified atom stereocenters. The van der Waals surface area contributed by atoms with E-state index in [2.05, 4.69) is 0 Å². The van der Waals surface area contributed by atoms with Crippen molar-refractivity contribution in [3.8, 4) is 0 Å². The maximum atomic E-state index is 11.2. The number of nitrogens with two attached hydrogens (primary N) is 1. The zero-order chi connectivity index (χ0) is 11.9. The first-order valence-corrected chi connectivity index (χ1v) is 5.52. The van der Waals surface area contributed by atoms with Gasteiger partial charge in [-0.2, -0.15) is 0 Å². The van der Waals surface area contributed by atoms with Crippen LogP contribution in [0.4, 0.5) is 5.69 Å². The summed E-state index contributed by atoms with van der Waals surface area (Å²) in [6.45, 7) is 3.59. The summed E-state index contributed by atoms with van der Waals surface area (Å²) in [5.74, 6) is -0.589. The van der Waals surface area contributed by atoms with Crippen LogP contribution in [0, 0.1) is 11.3 Å². The van der Waals surface area contributed by atoms with Crippen LogP contribution in [0.25, 0.3) is 0 Å². The van der Waals surface area contributed by atoms with Gasteiger partial charge in [-0.1, -0.05) is 12.1 Å². The summed E-state index contributed by atoms with van der Waals surface area (Å²) in [6.07, 6.45) is 1.60. The van der Waals surface area contributed by atoms with Crippen LogP contribution < -0.4 is 5.73 Å². The second kappa shape index (κ2) is 3.51. The SMILES string of the molecule is CC(C)(C(=O)O)C1Cc2cccc(N)c2C1. The van der Waals surface area contributed by atoms with E-state index in [1.807, 2.05) is 18.2 Å². The Kier molecular flexibility index (Phi) is 2.41. The Bertz CT molecular complexity index is 438. The molecule has 1 atom stereocenters. The number of hydrogen-bond donors (Lipinski definition) is 2. The van der Waals surface area contributed by atoms with Crippen molar-refractivity contribution in [2.45, 2.75) is 26.7 Å². The van der Waals surface area contributed by atoms with Crippen LogP contribution in [0.3, 0.4) is 0 Å². The highest BCUT2D eigenvalue weighted by Gasteiger charge is 2.40. The fraction of sp³-hybridized carbons (Fsp3) is 0.462. The molecule has 1 aromatic carbocycles. The molecule has 16 heavy (non-hydrogen) atoms. The van der Waals surface area contributed by atoms with E-state index in [-0.39, 0.29) is 5.92 Å². The smallest absolute Gasteiger partial charge is 0.309 e. The van der Waals surface area contributed by atoms with Gasteiger partial charge in [-0.05, 0) is 49.8 Å². The lowest BCUT2D eigenvalue weighted by molar-refractivity contribution is -0.149. The third kappa shape index (κ3) is 1.56. The third-order valence-corrected chi connectivity index (χ3v) is 3.80. The molecule has 2 rings (SSSR count). The van der Waals surface area contributed by atoms with Gasteiger partial charge in [-0.3, -0.25) is 4.79 Å². The zero-order valence-corrected chi connectivity index (χ0v) is 9.66. The molecule has 0 amide bonds. The number of carboxylic acids is 1. The lowest BCUT2D eigenvalue weighted by Crippen LogP contribution is -2.33. The Hall–Kier alpha value is -1.51. The molecule has 0 bridgehead atoms. The van der Waals surface area contributed by atoms with Crippen molar-refractivity contribution < 1.29 is 9.90 Å². The van der Waals surface area contributed by atoms with E-state index in [0.717, 1.165) is 24.1 Å². The number of carboxylic acid groups (broad SMARTS) is 1. The number of fused-ring (bicyclic) bond motifs is 1. The lowest BCUT2D eigenvalue weighted by atomic mass is 9.77. The summed E-state index contributed by atoms with van der Waals surface area (Å²) in [7, 11) is 0. The largest absolute Gasteiger partial charge is 0.481 e. The van der Waals surface area contributed by atoms with Gasteiger partial charge in [0.05, 0.1) is 5.41 Å². The van der Waals surface area contributed by atoms with E-state index in [0.29, 0.717) is 0 Å². The van der Waals surface area contributed by atoms with Crippen molar-refractivity contribution in [2.75, 3.05) is 5.73 Å². The molecule has 3 nitrogen and oxygen atoms in total. The first-order valence-electron chi connectivity index (χ1n) is 5.52. The van der Waals surface area contributed by atoms with Crippen LogP contribution in [-0.4, -0.2) is 11.1 Å². The summed E-state index contributed by atoms with van der Waals surface area (Å²) < 4.78 is 0. The van der Waals surface area contributed by atoms with Crippen molar-refractivity contribution >= 4 is 11.7 Å². The van der Waals surface area contributed by atoms with Gasteiger partial charge in [0.25, 0.3) is 0 Å². The summed E-state index contributed by atoms with van der Waals surface area (Å²) in [6, 6.07) is 5.86. The van der Waals surface area contributed by atoms with Gasteiger partial charge >= 0.3 is 5.97 Å². The van der Waals surface area contributed by atoms with E-state index >= 15 is 0 Å². The Labute approximate surface area is 95.3 Å². The van der Waals surface area contributed by atoms with Crippen molar-refractivity contribution in [2.24, 2.45) is 11.3 Å². The second-order valence-electron chi connectivity index (χ2n) is 5.12. The van der Waals surface area contributed by atoms with Crippen molar-refractivity contribution in [3.63, 3.8) is 0 Å². The Morgan fingerprint density at radius 2 is 2.12 bits per heavy atom. The minimum absolute atomic E-state index is 0.143. The predicted molar refractivity (Wildman–Crippen MR) is 63.2 cm³/mol. The molecular weight excluding hydrogens is 202 g/mol. The molecule has 3 heteroatoms. The van der Waals surface area contributed by atoms with Crippen LogP contribution in [-0.2, 0) is 17.6 Å². The topological polar surface area (TPSA) is 63.3 Å². The fourth-order valence-corrected chi connectivity index (χ4v) is 2.36.